The molecule has 0 spiro atoms. The predicted octanol–water partition coefficient (Wildman–Crippen LogP) is 2.97. The van der Waals surface area contributed by atoms with Crippen molar-refractivity contribution in [2.75, 3.05) is 13.6 Å². The van der Waals surface area contributed by atoms with E-state index in [0.717, 1.165) is 0 Å². The molecule has 2 rings (SSSR count). The van der Waals surface area contributed by atoms with Crippen LogP contribution >= 0.6 is 23.2 Å². The summed E-state index contributed by atoms with van der Waals surface area (Å²) in [7, 11) is 1.55. The number of aromatic nitrogens is 2. The monoisotopic (exact) mass is 355 g/mol. The van der Waals surface area contributed by atoms with Gasteiger partial charge in [-0.2, -0.15) is 5.10 Å². The summed E-state index contributed by atoms with van der Waals surface area (Å²) in [5.74, 6) is -1.91. The second-order valence-electron chi connectivity index (χ2n) is 5.19. The summed E-state index contributed by atoms with van der Waals surface area (Å²) in [6.45, 7) is 1.66. The molecular formula is C15H15Cl2N3O3. The molecule has 1 amide bonds. The maximum atomic E-state index is 12.3. The van der Waals surface area contributed by atoms with Gasteiger partial charge >= 0.3 is 5.97 Å². The number of hydrogen-bond acceptors (Lipinski definition) is 3. The highest BCUT2D eigenvalue weighted by Crippen LogP contribution is 2.24. The molecule has 6 nitrogen and oxygen atoms in total. The number of hydrogen-bond donors (Lipinski definition) is 1. The molecule has 1 atom stereocenters. The Balaban J connectivity index is 2.18. The first-order valence-corrected chi connectivity index (χ1v) is 7.53. The molecule has 0 fully saturated rings. The van der Waals surface area contributed by atoms with Gasteiger partial charge in [0.25, 0.3) is 5.91 Å². The molecule has 1 N–H and O–H groups in total. The normalized spacial score (nSPS) is 12.0. The van der Waals surface area contributed by atoms with E-state index >= 15 is 0 Å². The quantitative estimate of drug-likeness (QED) is 0.894. The van der Waals surface area contributed by atoms with E-state index < -0.39 is 11.9 Å². The van der Waals surface area contributed by atoms with Gasteiger partial charge in [-0.15, -0.1) is 0 Å². The second-order valence-corrected chi connectivity index (χ2v) is 6.04. The molecule has 0 saturated heterocycles. The standard InChI is InChI=1S/C15H15Cl2N3O3/c1-9(15(22)23)7-19(2)14(21)10-6-18-20(8-10)13-4-3-11(16)5-12(13)17/h3-6,8-9H,7H2,1-2H3,(H,22,23). The second kappa shape index (κ2) is 7.02. The molecule has 1 unspecified atom stereocenters. The number of amides is 1. The number of aliphatic carboxylic acids is 1. The van der Waals surface area contributed by atoms with Crippen LogP contribution in [0, 0.1) is 5.92 Å². The van der Waals surface area contributed by atoms with Gasteiger partial charge in [-0.1, -0.05) is 30.1 Å². The van der Waals surface area contributed by atoms with E-state index in [4.69, 9.17) is 28.3 Å². The van der Waals surface area contributed by atoms with E-state index in [1.807, 2.05) is 0 Å². The number of carbonyl (C=O) groups is 2. The first kappa shape index (κ1) is 17.3. The summed E-state index contributed by atoms with van der Waals surface area (Å²) in [4.78, 5) is 24.5. The van der Waals surface area contributed by atoms with Crippen molar-refractivity contribution in [2.45, 2.75) is 6.92 Å². The zero-order chi connectivity index (χ0) is 17.1. The van der Waals surface area contributed by atoms with Crippen LogP contribution in [-0.4, -0.2) is 45.3 Å². The molecule has 0 bridgehead atoms. The van der Waals surface area contributed by atoms with Crippen molar-refractivity contribution in [1.29, 1.82) is 0 Å². The minimum absolute atomic E-state index is 0.112. The number of rotatable bonds is 5. The Labute approximate surface area is 143 Å². The Kier molecular flexibility index (Phi) is 5.28. The van der Waals surface area contributed by atoms with Crippen LogP contribution in [0.2, 0.25) is 10.0 Å². The number of halogens is 2. The van der Waals surface area contributed by atoms with Crippen LogP contribution in [0.4, 0.5) is 0 Å². The summed E-state index contributed by atoms with van der Waals surface area (Å²) < 4.78 is 1.47. The Morgan fingerprint density at radius 2 is 2.09 bits per heavy atom. The molecule has 0 aliphatic carbocycles. The zero-order valence-electron chi connectivity index (χ0n) is 12.5. The highest BCUT2D eigenvalue weighted by atomic mass is 35.5. The van der Waals surface area contributed by atoms with Crippen LogP contribution in [0.25, 0.3) is 5.69 Å². The Morgan fingerprint density at radius 3 is 2.70 bits per heavy atom. The van der Waals surface area contributed by atoms with E-state index in [9.17, 15) is 9.59 Å². The SMILES string of the molecule is CC(CN(C)C(=O)c1cnn(-c2ccc(Cl)cc2Cl)c1)C(=O)O. The Bertz CT molecular complexity index is 745. The maximum absolute atomic E-state index is 12.3. The highest BCUT2D eigenvalue weighted by Gasteiger charge is 2.20. The van der Waals surface area contributed by atoms with Crippen LogP contribution in [0.15, 0.2) is 30.6 Å². The van der Waals surface area contributed by atoms with Crippen LogP contribution in [0.3, 0.4) is 0 Å². The molecule has 0 saturated carbocycles. The summed E-state index contributed by atoms with van der Waals surface area (Å²) in [6.07, 6.45) is 2.95. The van der Waals surface area contributed by atoms with E-state index in [1.54, 1.807) is 38.4 Å². The molecule has 8 heteroatoms. The van der Waals surface area contributed by atoms with Crippen molar-refractivity contribution >= 4 is 35.1 Å². The van der Waals surface area contributed by atoms with Crippen LogP contribution < -0.4 is 0 Å². The van der Waals surface area contributed by atoms with E-state index in [2.05, 4.69) is 5.10 Å². The molecule has 1 aromatic carbocycles. The van der Waals surface area contributed by atoms with Gasteiger partial charge in [-0.25, -0.2) is 4.68 Å². The number of carbonyl (C=O) groups excluding carboxylic acids is 1. The summed E-state index contributed by atoms with van der Waals surface area (Å²) in [5, 5.41) is 13.9. The van der Waals surface area contributed by atoms with Crippen molar-refractivity contribution in [2.24, 2.45) is 5.92 Å². The lowest BCUT2D eigenvalue weighted by molar-refractivity contribution is -0.141. The van der Waals surface area contributed by atoms with E-state index in [0.29, 0.717) is 21.3 Å². The Morgan fingerprint density at radius 1 is 1.39 bits per heavy atom. The van der Waals surface area contributed by atoms with Crippen molar-refractivity contribution in [3.63, 3.8) is 0 Å². The van der Waals surface area contributed by atoms with Crippen molar-refractivity contribution in [3.8, 4) is 5.69 Å². The molecule has 0 aliphatic heterocycles. The summed E-state index contributed by atoms with van der Waals surface area (Å²) >= 11 is 12.0. The van der Waals surface area contributed by atoms with Gasteiger partial charge in [0.05, 0.1) is 28.4 Å². The smallest absolute Gasteiger partial charge is 0.308 e. The van der Waals surface area contributed by atoms with Crippen molar-refractivity contribution in [1.82, 2.24) is 14.7 Å². The molecule has 2 aromatic rings. The van der Waals surface area contributed by atoms with Gasteiger partial charge < -0.3 is 10.0 Å². The van der Waals surface area contributed by atoms with Crippen molar-refractivity contribution < 1.29 is 14.7 Å². The molecule has 1 heterocycles. The fourth-order valence-corrected chi connectivity index (χ4v) is 2.52. The molecule has 1 aromatic heterocycles. The first-order chi connectivity index (χ1) is 10.8. The summed E-state index contributed by atoms with van der Waals surface area (Å²) in [5.41, 5.74) is 0.938. The fraction of sp³-hybridized carbons (Fsp3) is 0.267. The van der Waals surface area contributed by atoms with Gasteiger partial charge in [-0.05, 0) is 18.2 Å². The predicted molar refractivity (Wildman–Crippen MR) is 87.3 cm³/mol. The third-order valence-electron chi connectivity index (χ3n) is 3.30. The summed E-state index contributed by atoms with van der Waals surface area (Å²) in [6, 6.07) is 4.96. The highest BCUT2D eigenvalue weighted by molar-refractivity contribution is 6.35. The van der Waals surface area contributed by atoms with Gasteiger partial charge in [0.2, 0.25) is 0 Å². The lowest BCUT2D eigenvalue weighted by atomic mass is 10.1. The molecular weight excluding hydrogens is 341 g/mol. The van der Waals surface area contributed by atoms with Gasteiger partial charge in [0.15, 0.2) is 0 Å². The number of carboxylic acids is 1. The number of carboxylic acid groups (broad SMARTS) is 1. The van der Waals surface area contributed by atoms with Crippen LogP contribution in [0.5, 0.6) is 0 Å². The topological polar surface area (TPSA) is 75.4 Å². The maximum Gasteiger partial charge on any atom is 0.308 e. The van der Waals surface area contributed by atoms with Gasteiger partial charge in [0, 0.05) is 24.8 Å². The third-order valence-corrected chi connectivity index (χ3v) is 3.84. The minimum Gasteiger partial charge on any atom is -0.481 e. The van der Waals surface area contributed by atoms with Crippen LogP contribution in [-0.2, 0) is 4.79 Å². The average Bonchev–Trinajstić information content (AvgIpc) is 2.95. The fourth-order valence-electron chi connectivity index (χ4n) is 2.02. The lowest BCUT2D eigenvalue weighted by Crippen LogP contribution is -2.33. The largest absolute Gasteiger partial charge is 0.481 e. The minimum atomic E-state index is -0.951. The molecule has 0 radical (unpaired) electrons. The van der Waals surface area contributed by atoms with Gasteiger partial charge in [-0.3, -0.25) is 9.59 Å². The molecule has 122 valence electrons. The number of benzene rings is 1. The van der Waals surface area contributed by atoms with Crippen LogP contribution in [0.1, 0.15) is 17.3 Å². The molecule has 0 aliphatic rings. The number of nitrogens with zero attached hydrogens (tertiary/aromatic N) is 3. The first-order valence-electron chi connectivity index (χ1n) is 6.78. The Hall–Kier alpha value is -2.05. The van der Waals surface area contributed by atoms with Gasteiger partial charge in [0.1, 0.15) is 0 Å². The van der Waals surface area contributed by atoms with E-state index in [1.165, 1.54) is 15.8 Å². The lowest BCUT2D eigenvalue weighted by Gasteiger charge is -2.18. The average molecular weight is 356 g/mol. The zero-order valence-corrected chi connectivity index (χ0v) is 14.0. The molecule has 23 heavy (non-hydrogen) atoms. The van der Waals surface area contributed by atoms with Crippen molar-refractivity contribution in [3.05, 3.63) is 46.2 Å². The third kappa shape index (κ3) is 4.03. The van der Waals surface area contributed by atoms with E-state index in [-0.39, 0.29) is 12.5 Å².